The van der Waals surface area contributed by atoms with Crippen LogP contribution in [0.4, 0.5) is 0 Å². The van der Waals surface area contributed by atoms with Crippen molar-refractivity contribution in [2.24, 2.45) is 35.5 Å². The van der Waals surface area contributed by atoms with Crippen molar-refractivity contribution in [3.05, 3.63) is 82.7 Å². The predicted molar refractivity (Wildman–Crippen MR) is 180 cm³/mol. The van der Waals surface area contributed by atoms with Gasteiger partial charge in [-0.2, -0.15) is 12.6 Å². The summed E-state index contributed by atoms with van der Waals surface area (Å²) in [6, 6.07) is 1.41. The fourth-order valence-electron chi connectivity index (χ4n) is 11.0. The maximum atomic E-state index is 5.21. The zero-order chi connectivity index (χ0) is 28.0. The number of likely N-dealkylation sites (tertiary alicyclic amines) is 1. The molecule has 42 heavy (non-hydrogen) atoms. The lowest BCUT2D eigenvalue weighted by Gasteiger charge is -2.42. The zero-order valence-corrected chi connectivity index (χ0v) is 26.7. The van der Waals surface area contributed by atoms with Gasteiger partial charge in [-0.15, -0.1) is 0 Å². The Labute approximate surface area is 261 Å². The molecule has 0 bridgehead atoms. The summed E-state index contributed by atoms with van der Waals surface area (Å²) in [6.07, 6.45) is 45.8. The Hall–Kier alpha value is -1.67. The number of allylic oxidation sites excluding steroid dienone is 12. The summed E-state index contributed by atoms with van der Waals surface area (Å²) >= 11 is 5.21. The van der Waals surface area contributed by atoms with Crippen molar-refractivity contribution in [2.75, 3.05) is 0 Å². The second-order valence-electron chi connectivity index (χ2n) is 15.1. The molecule has 8 aliphatic rings. The quantitative estimate of drug-likeness (QED) is 0.256. The molecular formula is C40H53NS. The van der Waals surface area contributed by atoms with Gasteiger partial charge >= 0.3 is 0 Å². The molecule has 0 aromatic heterocycles. The largest absolute Gasteiger partial charge is 0.365 e. The van der Waals surface area contributed by atoms with Gasteiger partial charge in [-0.05, 0) is 138 Å². The maximum absolute atomic E-state index is 5.21. The molecule has 1 nitrogen and oxygen atoms in total. The third-order valence-corrected chi connectivity index (χ3v) is 13.5. The molecule has 2 saturated carbocycles. The van der Waals surface area contributed by atoms with Crippen LogP contribution in [0.25, 0.3) is 0 Å². The second kappa shape index (κ2) is 12.0. The van der Waals surface area contributed by atoms with Gasteiger partial charge in [0.1, 0.15) is 0 Å². The molecule has 0 N–H and O–H groups in total. The molecule has 9 unspecified atom stereocenters. The van der Waals surface area contributed by atoms with Gasteiger partial charge in [-0.3, -0.25) is 0 Å². The van der Waals surface area contributed by atoms with Crippen LogP contribution in [0.2, 0.25) is 0 Å². The third kappa shape index (κ3) is 5.10. The number of thiol groups is 1. The molecule has 224 valence electrons. The maximum Gasteiger partial charge on any atom is 0.0362 e. The van der Waals surface area contributed by atoms with E-state index in [1.54, 1.807) is 16.8 Å². The zero-order valence-electron chi connectivity index (χ0n) is 25.8. The minimum Gasteiger partial charge on any atom is -0.365 e. The third-order valence-electron chi connectivity index (χ3n) is 13.0. The number of rotatable bonds is 4. The fraction of sp³-hybridized carbons (Fsp3) is 0.650. The molecule has 2 heteroatoms. The molecule has 0 aromatic rings. The van der Waals surface area contributed by atoms with Crippen LogP contribution in [0.5, 0.6) is 0 Å². The van der Waals surface area contributed by atoms with E-state index in [2.05, 4.69) is 59.6 Å². The Morgan fingerprint density at radius 3 is 2.50 bits per heavy atom. The van der Waals surface area contributed by atoms with Crippen molar-refractivity contribution >= 4 is 12.6 Å². The van der Waals surface area contributed by atoms with Crippen molar-refractivity contribution in [1.82, 2.24) is 4.90 Å². The lowest BCUT2D eigenvalue weighted by molar-refractivity contribution is 0.168. The Bertz CT molecular complexity index is 1260. The molecule has 0 radical (unpaired) electrons. The van der Waals surface area contributed by atoms with Crippen LogP contribution in [-0.2, 0) is 0 Å². The summed E-state index contributed by atoms with van der Waals surface area (Å²) in [5.41, 5.74) is 8.63. The van der Waals surface area contributed by atoms with E-state index in [0.29, 0.717) is 29.2 Å². The lowest BCUT2D eigenvalue weighted by atomic mass is 9.69. The van der Waals surface area contributed by atoms with Crippen LogP contribution in [0, 0.1) is 35.5 Å². The van der Waals surface area contributed by atoms with E-state index in [9.17, 15) is 0 Å². The van der Waals surface area contributed by atoms with Crippen LogP contribution in [-0.4, -0.2) is 22.2 Å². The molecule has 0 spiro atoms. The SMILES string of the molecule is SC1CC(C2CCC3C4C=CCCC4N(C4=CCC(C5=C6CCCCC6CCC5)C=C4)C3C2)=CCC1C1=CCCC=C1. The molecule has 1 heterocycles. The molecule has 0 amide bonds. The first-order chi connectivity index (χ1) is 20.7. The van der Waals surface area contributed by atoms with Crippen LogP contribution in [0.1, 0.15) is 109 Å². The number of fused-ring (bicyclic) bond motifs is 4. The van der Waals surface area contributed by atoms with E-state index in [1.165, 1.54) is 109 Å². The number of nitrogens with zero attached hydrogens (tertiary/aromatic N) is 1. The van der Waals surface area contributed by atoms with Gasteiger partial charge < -0.3 is 4.90 Å². The summed E-state index contributed by atoms with van der Waals surface area (Å²) in [5, 5.41) is 0.474. The van der Waals surface area contributed by atoms with Gasteiger partial charge in [-0.25, -0.2) is 0 Å². The van der Waals surface area contributed by atoms with E-state index >= 15 is 0 Å². The van der Waals surface area contributed by atoms with Crippen molar-refractivity contribution in [2.45, 2.75) is 126 Å². The molecule has 9 atom stereocenters. The van der Waals surface area contributed by atoms with E-state index in [4.69, 9.17) is 12.6 Å². The summed E-state index contributed by atoms with van der Waals surface area (Å²) < 4.78 is 0. The predicted octanol–water partition coefficient (Wildman–Crippen LogP) is 10.5. The van der Waals surface area contributed by atoms with Crippen LogP contribution < -0.4 is 0 Å². The smallest absolute Gasteiger partial charge is 0.0362 e. The summed E-state index contributed by atoms with van der Waals surface area (Å²) in [6.45, 7) is 0. The fourth-order valence-corrected chi connectivity index (χ4v) is 11.5. The van der Waals surface area contributed by atoms with Crippen molar-refractivity contribution in [3.63, 3.8) is 0 Å². The average molecular weight is 580 g/mol. The van der Waals surface area contributed by atoms with Crippen molar-refractivity contribution in [3.8, 4) is 0 Å². The Balaban J connectivity index is 1.01. The van der Waals surface area contributed by atoms with Gasteiger partial charge in [0.05, 0.1) is 0 Å². The Morgan fingerprint density at radius 2 is 1.64 bits per heavy atom. The highest BCUT2D eigenvalue weighted by molar-refractivity contribution is 7.81. The van der Waals surface area contributed by atoms with Gasteiger partial charge in [0, 0.05) is 34.9 Å². The highest BCUT2D eigenvalue weighted by Crippen LogP contribution is 2.53. The van der Waals surface area contributed by atoms with Gasteiger partial charge in [-0.1, -0.05) is 71.7 Å². The molecule has 8 rings (SSSR count). The monoisotopic (exact) mass is 579 g/mol. The van der Waals surface area contributed by atoms with Crippen molar-refractivity contribution < 1.29 is 0 Å². The van der Waals surface area contributed by atoms with Crippen LogP contribution in [0.15, 0.2) is 82.7 Å². The van der Waals surface area contributed by atoms with Gasteiger partial charge in [0.2, 0.25) is 0 Å². The molecule has 7 aliphatic carbocycles. The second-order valence-corrected chi connectivity index (χ2v) is 15.8. The molecule has 3 fully saturated rings. The van der Waals surface area contributed by atoms with E-state index < -0.39 is 0 Å². The highest BCUT2D eigenvalue weighted by atomic mass is 32.1. The Morgan fingerprint density at radius 1 is 0.714 bits per heavy atom. The number of hydrogen-bond donors (Lipinski definition) is 1. The van der Waals surface area contributed by atoms with Crippen molar-refractivity contribution in [1.29, 1.82) is 0 Å². The summed E-state index contributed by atoms with van der Waals surface area (Å²) in [5.74, 6) is 4.55. The van der Waals surface area contributed by atoms with Crippen LogP contribution in [0.3, 0.4) is 0 Å². The normalized spacial score (nSPS) is 41.5. The average Bonchev–Trinajstić information content (AvgIpc) is 3.38. The van der Waals surface area contributed by atoms with E-state index in [1.807, 2.05) is 11.1 Å². The van der Waals surface area contributed by atoms with E-state index in [-0.39, 0.29) is 0 Å². The van der Waals surface area contributed by atoms with Crippen LogP contribution >= 0.6 is 12.6 Å². The number of hydrogen-bond acceptors (Lipinski definition) is 2. The standard InChI is InChI=1S/C40H53NS/c42-40-26-31(19-23-35(40)28-9-2-1-3-10-28)30-20-24-37-36-14-6-7-16-38(36)41(39(37)25-30)32-21-17-29(18-22-32)34-15-8-12-27-11-4-5-13-33(27)34/h2,6,9-10,14,17,19,21-22,27,29-30,35-40,42H,1,3-5,7-8,11-13,15-16,18,20,23-26H2. The first-order valence-corrected chi connectivity index (χ1v) is 18.5. The van der Waals surface area contributed by atoms with Gasteiger partial charge in [0.15, 0.2) is 0 Å². The van der Waals surface area contributed by atoms with E-state index in [0.717, 1.165) is 23.7 Å². The van der Waals surface area contributed by atoms with Gasteiger partial charge in [0.25, 0.3) is 0 Å². The molecular weight excluding hydrogens is 527 g/mol. The summed E-state index contributed by atoms with van der Waals surface area (Å²) in [7, 11) is 0. The topological polar surface area (TPSA) is 3.24 Å². The molecule has 1 aliphatic heterocycles. The lowest BCUT2D eigenvalue weighted by Crippen LogP contribution is -2.41. The Kier molecular flexibility index (Phi) is 7.97. The highest BCUT2D eigenvalue weighted by Gasteiger charge is 2.51. The first-order valence-electron chi connectivity index (χ1n) is 18.0. The summed E-state index contributed by atoms with van der Waals surface area (Å²) in [4.78, 5) is 2.99. The molecule has 1 saturated heterocycles. The minimum absolute atomic E-state index is 0.474. The first kappa shape index (κ1) is 27.8. The minimum atomic E-state index is 0.474. The molecule has 0 aromatic carbocycles.